The number of halogens is 1. The Balaban J connectivity index is 2.18. The second-order valence-electron chi connectivity index (χ2n) is 5.76. The third-order valence-electron chi connectivity index (χ3n) is 4.17. The second-order valence-corrected chi connectivity index (χ2v) is 6.68. The summed E-state index contributed by atoms with van der Waals surface area (Å²) in [5.41, 5.74) is 1.90. The van der Waals surface area contributed by atoms with Gasteiger partial charge in [0.05, 0.1) is 0 Å². The first-order chi connectivity index (χ1) is 8.99. The van der Waals surface area contributed by atoms with Gasteiger partial charge in [-0.3, -0.25) is 4.79 Å². The van der Waals surface area contributed by atoms with E-state index in [1.807, 2.05) is 37.1 Å². The summed E-state index contributed by atoms with van der Waals surface area (Å²) in [7, 11) is 1.95. The molecule has 1 aliphatic rings. The summed E-state index contributed by atoms with van der Waals surface area (Å²) >= 11 is 3.47. The Labute approximate surface area is 124 Å². The van der Waals surface area contributed by atoms with Crippen LogP contribution in [0.5, 0.6) is 0 Å². The molecule has 1 fully saturated rings. The van der Waals surface area contributed by atoms with Crippen LogP contribution in [-0.2, 0) is 0 Å². The Morgan fingerprint density at radius 3 is 2.58 bits per heavy atom. The normalized spacial score (nSPS) is 23.2. The molecular formula is C16H22BrNO. The minimum absolute atomic E-state index is 0.142. The summed E-state index contributed by atoms with van der Waals surface area (Å²) in [4.78, 5) is 14.5. The largest absolute Gasteiger partial charge is 0.338 e. The Bertz CT molecular complexity index is 452. The lowest BCUT2D eigenvalue weighted by atomic mass is 9.85. The number of hydrogen-bond acceptors (Lipinski definition) is 1. The van der Waals surface area contributed by atoms with Gasteiger partial charge in [0, 0.05) is 23.1 Å². The minimum Gasteiger partial charge on any atom is -0.338 e. The van der Waals surface area contributed by atoms with Crippen molar-refractivity contribution < 1.29 is 4.79 Å². The Morgan fingerprint density at radius 2 is 1.95 bits per heavy atom. The highest BCUT2D eigenvalue weighted by Crippen LogP contribution is 2.28. The van der Waals surface area contributed by atoms with Crippen molar-refractivity contribution in [3.63, 3.8) is 0 Å². The van der Waals surface area contributed by atoms with Crippen LogP contribution in [0.4, 0.5) is 0 Å². The van der Waals surface area contributed by atoms with Gasteiger partial charge in [-0.25, -0.2) is 0 Å². The van der Waals surface area contributed by atoms with Crippen molar-refractivity contribution >= 4 is 21.8 Å². The Morgan fingerprint density at radius 1 is 1.26 bits per heavy atom. The number of rotatable bonds is 2. The van der Waals surface area contributed by atoms with Crippen molar-refractivity contribution in [2.45, 2.75) is 45.6 Å². The van der Waals surface area contributed by atoms with E-state index in [4.69, 9.17) is 0 Å². The number of nitrogens with zero attached hydrogens (tertiary/aromatic N) is 1. The van der Waals surface area contributed by atoms with Crippen molar-refractivity contribution in [2.24, 2.45) is 5.92 Å². The van der Waals surface area contributed by atoms with E-state index in [2.05, 4.69) is 22.9 Å². The van der Waals surface area contributed by atoms with Gasteiger partial charge in [0.2, 0.25) is 0 Å². The molecule has 1 aromatic carbocycles. The molecule has 0 spiro atoms. The maximum atomic E-state index is 12.6. The van der Waals surface area contributed by atoms with Crippen molar-refractivity contribution in [2.75, 3.05) is 7.05 Å². The molecular weight excluding hydrogens is 302 g/mol. The fourth-order valence-electron chi connectivity index (χ4n) is 3.09. The van der Waals surface area contributed by atoms with E-state index in [1.165, 1.54) is 19.3 Å². The van der Waals surface area contributed by atoms with Crippen molar-refractivity contribution in [3.8, 4) is 0 Å². The first-order valence-corrected chi connectivity index (χ1v) is 7.82. The lowest BCUT2D eigenvalue weighted by Crippen LogP contribution is -2.42. The molecule has 2 unspecified atom stereocenters. The first-order valence-electron chi connectivity index (χ1n) is 7.03. The van der Waals surface area contributed by atoms with E-state index in [9.17, 15) is 4.79 Å². The summed E-state index contributed by atoms with van der Waals surface area (Å²) in [5, 5.41) is 0. The molecule has 2 nitrogen and oxygen atoms in total. The van der Waals surface area contributed by atoms with Crippen molar-refractivity contribution in [1.29, 1.82) is 0 Å². The third-order valence-corrected chi connectivity index (χ3v) is 4.63. The maximum Gasteiger partial charge on any atom is 0.253 e. The topological polar surface area (TPSA) is 20.3 Å². The Kier molecular flexibility index (Phi) is 4.67. The highest BCUT2D eigenvalue weighted by atomic mass is 79.9. The average Bonchev–Trinajstić information content (AvgIpc) is 2.36. The molecule has 0 N–H and O–H groups in total. The maximum absolute atomic E-state index is 12.6. The van der Waals surface area contributed by atoms with Gasteiger partial charge in [0.15, 0.2) is 0 Å². The number of carbonyl (C=O) groups is 1. The van der Waals surface area contributed by atoms with Crippen LogP contribution in [0.3, 0.4) is 0 Å². The second kappa shape index (κ2) is 6.08. The monoisotopic (exact) mass is 323 g/mol. The fraction of sp³-hybridized carbons (Fsp3) is 0.562. The zero-order valence-corrected chi connectivity index (χ0v) is 13.5. The molecule has 0 aromatic heterocycles. The zero-order chi connectivity index (χ0) is 14.0. The van der Waals surface area contributed by atoms with E-state index < -0.39 is 0 Å². The van der Waals surface area contributed by atoms with E-state index in [-0.39, 0.29) is 5.91 Å². The number of aryl methyl sites for hydroxylation is 1. The van der Waals surface area contributed by atoms with Crippen LogP contribution in [0.2, 0.25) is 0 Å². The van der Waals surface area contributed by atoms with Gasteiger partial charge in [-0.15, -0.1) is 0 Å². The van der Waals surface area contributed by atoms with Crippen molar-refractivity contribution in [1.82, 2.24) is 4.90 Å². The van der Waals surface area contributed by atoms with Crippen LogP contribution in [0, 0.1) is 12.8 Å². The fourth-order valence-corrected chi connectivity index (χ4v) is 3.69. The van der Waals surface area contributed by atoms with Gasteiger partial charge in [-0.1, -0.05) is 35.7 Å². The van der Waals surface area contributed by atoms with Gasteiger partial charge in [-0.2, -0.15) is 0 Å². The first kappa shape index (κ1) is 14.6. The van der Waals surface area contributed by atoms with E-state index in [0.717, 1.165) is 22.0 Å². The molecule has 2 rings (SSSR count). The predicted octanol–water partition coefficient (Wildman–Crippen LogP) is 4.41. The molecule has 3 heteroatoms. The third kappa shape index (κ3) is 3.38. The Hall–Kier alpha value is -0.830. The summed E-state index contributed by atoms with van der Waals surface area (Å²) < 4.78 is 0.973. The van der Waals surface area contributed by atoms with Crippen LogP contribution in [-0.4, -0.2) is 23.9 Å². The molecule has 0 saturated heterocycles. The van der Waals surface area contributed by atoms with Gasteiger partial charge in [0.25, 0.3) is 5.91 Å². The molecule has 1 amide bonds. The summed E-state index contributed by atoms with van der Waals surface area (Å²) in [6.07, 6.45) is 4.91. The van der Waals surface area contributed by atoms with Crippen LogP contribution in [0.1, 0.15) is 48.5 Å². The van der Waals surface area contributed by atoms with E-state index >= 15 is 0 Å². The number of amides is 1. The quantitative estimate of drug-likeness (QED) is 0.789. The van der Waals surface area contributed by atoms with Gasteiger partial charge in [-0.05, 0) is 49.4 Å². The van der Waals surface area contributed by atoms with Crippen LogP contribution < -0.4 is 0 Å². The van der Waals surface area contributed by atoms with E-state index in [0.29, 0.717) is 12.0 Å². The molecule has 1 aromatic rings. The molecule has 19 heavy (non-hydrogen) atoms. The van der Waals surface area contributed by atoms with Gasteiger partial charge < -0.3 is 4.90 Å². The minimum atomic E-state index is 0.142. The molecule has 1 saturated carbocycles. The van der Waals surface area contributed by atoms with Crippen LogP contribution in [0.25, 0.3) is 0 Å². The van der Waals surface area contributed by atoms with Crippen molar-refractivity contribution in [3.05, 3.63) is 33.8 Å². The number of hydrogen-bond donors (Lipinski definition) is 0. The lowest BCUT2D eigenvalue weighted by Gasteiger charge is -2.36. The molecule has 104 valence electrons. The number of benzene rings is 1. The summed E-state index contributed by atoms with van der Waals surface area (Å²) in [6, 6.07) is 6.30. The SMILES string of the molecule is Cc1cc(Br)cc(C(=O)N(C)C2CCCCC2C)c1. The average molecular weight is 324 g/mol. The van der Waals surface area contributed by atoms with Crippen LogP contribution >= 0.6 is 15.9 Å². The zero-order valence-electron chi connectivity index (χ0n) is 11.9. The highest BCUT2D eigenvalue weighted by molar-refractivity contribution is 9.10. The van der Waals surface area contributed by atoms with E-state index in [1.54, 1.807) is 0 Å². The standard InChI is InChI=1S/C16H22BrNO/c1-11-8-13(10-14(17)9-11)16(19)18(3)15-7-5-4-6-12(15)2/h8-10,12,15H,4-7H2,1-3H3. The summed E-state index contributed by atoms with van der Waals surface area (Å²) in [5.74, 6) is 0.749. The van der Waals surface area contributed by atoms with Crippen LogP contribution in [0.15, 0.2) is 22.7 Å². The van der Waals surface area contributed by atoms with Gasteiger partial charge >= 0.3 is 0 Å². The van der Waals surface area contributed by atoms with Gasteiger partial charge in [0.1, 0.15) is 0 Å². The molecule has 0 bridgehead atoms. The molecule has 0 aliphatic heterocycles. The highest BCUT2D eigenvalue weighted by Gasteiger charge is 2.28. The molecule has 2 atom stereocenters. The molecule has 0 radical (unpaired) electrons. The lowest BCUT2D eigenvalue weighted by molar-refractivity contribution is 0.0629. The smallest absolute Gasteiger partial charge is 0.253 e. The predicted molar refractivity (Wildman–Crippen MR) is 82.4 cm³/mol. The molecule has 1 aliphatic carbocycles. The molecule has 0 heterocycles. The summed E-state index contributed by atoms with van der Waals surface area (Å²) in [6.45, 7) is 4.28. The number of carbonyl (C=O) groups excluding carboxylic acids is 1.